The Morgan fingerprint density at radius 2 is 1.54 bits per heavy atom. The third-order valence-corrected chi connectivity index (χ3v) is 3.41. The van der Waals surface area contributed by atoms with E-state index in [9.17, 15) is 14.0 Å². The van der Waals surface area contributed by atoms with Crippen molar-refractivity contribution in [3.63, 3.8) is 0 Å². The van der Waals surface area contributed by atoms with Crippen molar-refractivity contribution >= 4 is 17.5 Å². The van der Waals surface area contributed by atoms with Gasteiger partial charge in [-0.05, 0) is 48.5 Å². The molecule has 2 aromatic carbocycles. The number of ether oxygens (including phenoxy) is 2. The molecule has 0 unspecified atom stereocenters. The third-order valence-electron chi connectivity index (χ3n) is 3.41. The van der Waals surface area contributed by atoms with Crippen LogP contribution in [0.5, 0.6) is 11.5 Å². The molecule has 0 heterocycles. The summed E-state index contributed by atoms with van der Waals surface area (Å²) in [7, 11) is 3.31. The van der Waals surface area contributed by atoms with Gasteiger partial charge in [0, 0.05) is 19.8 Å². The van der Waals surface area contributed by atoms with Gasteiger partial charge in [0.05, 0.1) is 13.0 Å². The van der Waals surface area contributed by atoms with Crippen molar-refractivity contribution in [1.29, 1.82) is 0 Å². The zero-order chi connectivity index (χ0) is 18.9. The van der Waals surface area contributed by atoms with E-state index in [0.29, 0.717) is 17.2 Å². The first-order valence-electron chi connectivity index (χ1n) is 8.05. The third kappa shape index (κ3) is 6.43. The molecule has 0 aliphatic heterocycles. The monoisotopic (exact) mass is 360 g/mol. The Hall–Kier alpha value is -3.09. The summed E-state index contributed by atoms with van der Waals surface area (Å²) < 4.78 is 23.5. The molecular formula is C19H21FN2O4. The van der Waals surface area contributed by atoms with Crippen LogP contribution >= 0.6 is 0 Å². The van der Waals surface area contributed by atoms with Crippen LogP contribution in [-0.4, -0.2) is 44.0 Å². The van der Waals surface area contributed by atoms with Crippen LogP contribution in [0.1, 0.15) is 6.42 Å². The lowest BCUT2D eigenvalue weighted by molar-refractivity contribution is -0.130. The molecule has 26 heavy (non-hydrogen) atoms. The summed E-state index contributed by atoms with van der Waals surface area (Å²) in [4.78, 5) is 24.8. The van der Waals surface area contributed by atoms with Crippen molar-refractivity contribution in [2.24, 2.45) is 0 Å². The standard InChI is InChI=1S/C19H21FN2O4/c1-22(2)19(24)13-26-17-9-5-15(6-10-17)21-18(23)11-12-25-16-7-3-14(20)4-8-16/h3-10H,11-13H2,1-2H3,(H,21,23). The zero-order valence-electron chi connectivity index (χ0n) is 14.7. The first kappa shape index (κ1) is 19.2. The molecule has 0 aliphatic carbocycles. The van der Waals surface area contributed by atoms with Crippen LogP contribution in [0.4, 0.5) is 10.1 Å². The lowest BCUT2D eigenvalue weighted by atomic mass is 10.3. The van der Waals surface area contributed by atoms with Crippen LogP contribution < -0.4 is 14.8 Å². The number of halogens is 1. The Kier molecular flexibility index (Phi) is 6.96. The number of likely N-dealkylation sites (N-methyl/N-ethyl adjacent to an activating group) is 1. The number of carbonyl (C=O) groups is 2. The van der Waals surface area contributed by atoms with Gasteiger partial charge in [-0.1, -0.05) is 0 Å². The van der Waals surface area contributed by atoms with Gasteiger partial charge in [-0.15, -0.1) is 0 Å². The van der Waals surface area contributed by atoms with E-state index in [4.69, 9.17) is 9.47 Å². The van der Waals surface area contributed by atoms with Crippen LogP contribution in [0, 0.1) is 5.82 Å². The lowest BCUT2D eigenvalue weighted by Crippen LogP contribution is -2.27. The minimum atomic E-state index is -0.339. The highest BCUT2D eigenvalue weighted by molar-refractivity contribution is 5.90. The summed E-state index contributed by atoms with van der Waals surface area (Å²) in [6.45, 7) is 0.144. The quantitative estimate of drug-likeness (QED) is 0.786. The predicted molar refractivity (Wildman–Crippen MR) is 95.8 cm³/mol. The number of anilines is 1. The van der Waals surface area contributed by atoms with E-state index in [1.165, 1.54) is 29.2 Å². The molecule has 0 fully saturated rings. The maximum absolute atomic E-state index is 12.8. The van der Waals surface area contributed by atoms with Crippen molar-refractivity contribution in [3.05, 3.63) is 54.3 Å². The van der Waals surface area contributed by atoms with Gasteiger partial charge in [0.25, 0.3) is 5.91 Å². The lowest BCUT2D eigenvalue weighted by Gasteiger charge is -2.12. The van der Waals surface area contributed by atoms with E-state index in [2.05, 4.69) is 5.32 Å². The molecule has 2 rings (SSSR count). The fraction of sp³-hybridized carbons (Fsp3) is 0.263. The van der Waals surface area contributed by atoms with Gasteiger partial charge in [-0.3, -0.25) is 9.59 Å². The summed E-state index contributed by atoms with van der Waals surface area (Å²) in [5.41, 5.74) is 0.614. The molecule has 138 valence electrons. The summed E-state index contributed by atoms with van der Waals surface area (Å²) in [5, 5.41) is 2.74. The van der Waals surface area contributed by atoms with E-state index in [1.807, 2.05) is 0 Å². The molecule has 6 nitrogen and oxygen atoms in total. The highest BCUT2D eigenvalue weighted by atomic mass is 19.1. The Labute approximate surface area is 151 Å². The second-order valence-electron chi connectivity index (χ2n) is 5.70. The molecule has 2 aromatic rings. The van der Waals surface area contributed by atoms with E-state index >= 15 is 0 Å². The van der Waals surface area contributed by atoms with Gasteiger partial charge in [-0.2, -0.15) is 0 Å². The van der Waals surface area contributed by atoms with Crippen molar-refractivity contribution in [2.45, 2.75) is 6.42 Å². The zero-order valence-corrected chi connectivity index (χ0v) is 14.7. The second-order valence-corrected chi connectivity index (χ2v) is 5.70. The molecule has 0 bridgehead atoms. The topological polar surface area (TPSA) is 67.9 Å². The number of rotatable bonds is 8. The van der Waals surface area contributed by atoms with E-state index in [0.717, 1.165) is 0 Å². The van der Waals surface area contributed by atoms with Crippen molar-refractivity contribution in [1.82, 2.24) is 4.90 Å². The molecule has 0 saturated carbocycles. The Balaban J connectivity index is 1.73. The molecular weight excluding hydrogens is 339 g/mol. The first-order chi connectivity index (χ1) is 12.4. The number of hydrogen-bond acceptors (Lipinski definition) is 4. The smallest absolute Gasteiger partial charge is 0.259 e. The summed E-state index contributed by atoms with van der Waals surface area (Å²) in [6, 6.07) is 12.3. The Morgan fingerprint density at radius 1 is 0.962 bits per heavy atom. The van der Waals surface area contributed by atoms with Gasteiger partial charge >= 0.3 is 0 Å². The number of hydrogen-bond donors (Lipinski definition) is 1. The average molecular weight is 360 g/mol. The van der Waals surface area contributed by atoms with Crippen LogP contribution in [-0.2, 0) is 9.59 Å². The largest absolute Gasteiger partial charge is 0.493 e. The molecule has 0 aromatic heterocycles. The minimum absolute atomic E-state index is 0.0422. The van der Waals surface area contributed by atoms with Crippen LogP contribution in [0.2, 0.25) is 0 Å². The maximum atomic E-state index is 12.8. The Morgan fingerprint density at radius 3 is 2.15 bits per heavy atom. The summed E-state index contributed by atoms with van der Waals surface area (Å²) >= 11 is 0. The molecule has 0 atom stereocenters. The summed E-state index contributed by atoms with van der Waals surface area (Å²) in [6.07, 6.45) is 0.160. The van der Waals surface area contributed by atoms with Crippen LogP contribution in [0.25, 0.3) is 0 Å². The molecule has 1 N–H and O–H groups in total. The van der Waals surface area contributed by atoms with Crippen LogP contribution in [0.3, 0.4) is 0 Å². The predicted octanol–water partition coefficient (Wildman–Crippen LogP) is 2.70. The normalized spacial score (nSPS) is 10.1. The van der Waals surface area contributed by atoms with Crippen LogP contribution in [0.15, 0.2) is 48.5 Å². The highest BCUT2D eigenvalue weighted by Gasteiger charge is 2.06. The number of amides is 2. The molecule has 0 radical (unpaired) electrons. The van der Waals surface area contributed by atoms with E-state index < -0.39 is 0 Å². The molecule has 7 heteroatoms. The van der Waals surface area contributed by atoms with Gasteiger partial charge in [-0.25, -0.2) is 4.39 Å². The van der Waals surface area contributed by atoms with Gasteiger partial charge in [0.15, 0.2) is 6.61 Å². The fourth-order valence-electron chi connectivity index (χ4n) is 1.92. The van der Waals surface area contributed by atoms with E-state index in [-0.39, 0.29) is 37.3 Å². The first-order valence-corrected chi connectivity index (χ1v) is 8.05. The van der Waals surface area contributed by atoms with Gasteiger partial charge in [0.1, 0.15) is 17.3 Å². The summed E-state index contributed by atoms with van der Waals surface area (Å²) in [5.74, 6) is 0.367. The maximum Gasteiger partial charge on any atom is 0.259 e. The SMILES string of the molecule is CN(C)C(=O)COc1ccc(NC(=O)CCOc2ccc(F)cc2)cc1. The highest BCUT2D eigenvalue weighted by Crippen LogP contribution is 2.16. The number of carbonyl (C=O) groups excluding carboxylic acids is 2. The fourth-order valence-corrected chi connectivity index (χ4v) is 1.92. The number of nitrogens with zero attached hydrogens (tertiary/aromatic N) is 1. The molecule has 0 spiro atoms. The van der Waals surface area contributed by atoms with Crippen molar-refractivity contribution < 1.29 is 23.5 Å². The van der Waals surface area contributed by atoms with E-state index in [1.54, 1.807) is 38.4 Å². The van der Waals surface area contributed by atoms with Crippen molar-refractivity contribution in [3.8, 4) is 11.5 Å². The number of nitrogens with one attached hydrogen (secondary N) is 1. The van der Waals surface area contributed by atoms with Gasteiger partial charge in [0.2, 0.25) is 5.91 Å². The molecule has 0 saturated heterocycles. The van der Waals surface area contributed by atoms with Gasteiger partial charge < -0.3 is 19.7 Å². The molecule has 2 amide bonds. The average Bonchev–Trinajstić information content (AvgIpc) is 2.62. The Bertz CT molecular complexity index is 730. The molecule has 0 aliphatic rings. The number of benzene rings is 2. The minimum Gasteiger partial charge on any atom is -0.493 e. The van der Waals surface area contributed by atoms with Crippen molar-refractivity contribution in [2.75, 3.05) is 32.6 Å². The second kappa shape index (κ2) is 9.41.